The van der Waals surface area contributed by atoms with Gasteiger partial charge in [-0.25, -0.2) is 14.6 Å². The molecule has 25 nitrogen and oxygen atoms in total. The number of imidazole rings is 1. The van der Waals surface area contributed by atoms with Gasteiger partial charge in [0.25, 0.3) is 0 Å². The molecule has 27 heteroatoms. The Morgan fingerprint density at radius 2 is 0.763 bits per heavy atom. The summed E-state index contributed by atoms with van der Waals surface area (Å²) in [6.45, 7) is 14.5. The lowest BCUT2D eigenvalue weighted by molar-refractivity contribution is 0.0503. The van der Waals surface area contributed by atoms with Gasteiger partial charge in [-0.15, -0.1) is 10.2 Å². The molecular weight excluding hydrogens is 1760 g/mol. The summed E-state index contributed by atoms with van der Waals surface area (Å²) in [5.74, 6) is 4.49. The van der Waals surface area contributed by atoms with Crippen molar-refractivity contribution in [3.8, 4) is 11.5 Å². The van der Waals surface area contributed by atoms with E-state index in [1.807, 2.05) is 131 Å². The number of hydrogen-bond donors (Lipinski definition) is 0. The van der Waals surface area contributed by atoms with Gasteiger partial charge in [0.1, 0.15) is 18.2 Å². The summed E-state index contributed by atoms with van der Waals surface area (Å²) >= 11 is 3.90. The number of likely N-dealkylation sites (N-methyl/N-ethyl adjacent to an activating group) is 1. The molecule has 0 atom stereocenters. The Hall–Kier alpha value is -13.0. The van der Waals surface area contributed by atoms with Gasteiger partial charge in [-0.1, -0.05) is 205 Å². The largest absolute Gasteiger partial charge is 0.453 e. The first-order valence-corrected chi connectivity index (χ1v) is 50.2. The van der Waals surface area contributed by atoms with Crippen molar-refractivity contribution in [2.24, 2.45) is 49.3 Å². The van der Waals surface area contributed by atoms with E-state index < -0.39 is 0 Å². The number of aryl methyl sites for hydroxylation is 7. The maximum atomic E-state index is 5.81. The second-order valence-corrected chi connectivity index (χ2v) is 37.3. The molecule has 10 aromatic carbocycles. The number of fused-ring (bicyclic) bond motifs is 11. The van der Waals surface area contributed by atoms with Gasteiger partial charge in [0, 0.05) is 194 Å². The lowest BCUT2D eigenvalue weighted by Crippen LogP contribution is -2.32. The minimum atomic E-state index is 0.913. The fourth-order valence-corrected chi connectivity index (χ4v) is 18.2. The minimum Gasteiger partial charge on any atom is -0.453 e. The molecule has 15 heterocycles. The van der Waals surface area contributed by atoms with Crippen LogP contribution in [0.5, 0.6) is 11.5 Å². The van der Waals surface area contributed by atoms with Crippen molar-refractivity contribution in [2.45, 2.75) is 67.6 Å². The van der Waals surface area contributed by atoms with Crippen LogP contribution in [0.1, 0.15) is 68.9 Å². The molecule has 0 spiro atoms. The highest BCUT2D eigenvalue weighted by Gasteiger charge is 2.22. The molecule has 25 rings (SSSR count). The predicted octanol–water partition coefficient (Wildman–Crippen LogP) is 22.3. The third-order valence-electron chi connectivity index (χ3n) is 24.1. The molecule has 8 aliphatic heterocycles. The molecule has 0 amide bonds. The number of piperidine rings is 1. The highest BCUT2D eigenvalue weighted by molar-refractivity contribution is 7.99. The van der Waals surface area contributed by atoms with Gasteiger partial charge in [0.15, 0.2) is 11.5 Å². The van der Waals surface area contributed by atoms with Crippen LogP contribution in [-0.4, -0.2) is 244 Å². The monoisotopic (exact) mass is 1910 g/mol. The third-order valence-corrected chi connectivity index (χ3v) is 26.1. The molecule has 0 N–H and O–H groups in total. The molecule has 732 valence electrons. The zero-order valence-corrected chi connectivity index (χ0v) is 86.0. The third kappa shape index (κ3) is 35.2. The Bertz CT molecular complexity index is 5740. The summed E-state index contributed by atoms with van der Waals surface area (Å²) in [4.78, 5) is 28.6. The van der Waals surface area contributed by atoms with E-state index in [-0.39, 0.29) is 0 Å². The Kier molecular flexibility index (Phi) is 45.0. The number of rotatable bonds is 0. The first-order valence-electron chi connectivity index (χ1n) is 48.2. The molecule has 0 aliphatic carbocycles. The van der Waals surface area contributed by atoms with Crippen LogP contribution in [0.15, 0.2) is 327 Å². The molecule has 139 heavy (non-hydrogen) atoms. The summed E-state index contributed by atoms with van der Waals surface area (Å²) in [5, 5.41) is 26.5. The number of morpholine rings is 1. The highest BCUT2D eigenvalue weighted by Crippen LogP contribution is 2.48. The SMILES string of the molecule is CN1CCCC1.CN1CCCCC1.CN1CCCCCC1.CN1CCOCC1.CN1CCSCC1.CN1c2ccccc2C=Cc2ccccc21.CN1c2ccccc2Oc2ccccc21.CN1c2ccccc2Sc2ccccc21.Cn1c2ccccc2c2ccccc21.Cn1ccc2ccccc21.Cn1cccn1.Cn1ccnc1.Cn1ccnn1.Cn1cncn1.Cn1nnc2ccccc21. The normalized spacial score (nSPS) is 14.8. The number of benzene rings is 10. The van der Waals surface area contributed by atoms with Crippen LogP contribution in [0.4, 0.5) is 34.1 Å². The maximum absolute atomic E-state index is 5.81. The molecule has 8 aliphatic rings. The number of aromatic nitrogens is 15. The van der Waals surface area contributed by atoms with E-state index in [2.05, 4.69) is 378 Å². The van der Waals surface area contributed by atoms with Crippen LogP contribution < -0.4 is 19.4 Å². The molecule has 0 radical (unpaired) electrons. The summed E-state index contributed by atoms with van der Waals surface area (Å²) in [6, 6.07) is 87.3. The van der Waals surface area contributed by atoms with Crippen LogP contribution >= 0.6 is 23.5 Å². The van der Waals surface area contributed by atoms with E-state index in [0.717, 1.165) is 60.2 Å². The average molecular weight is 1910 g/mol. The number of nitrogens with zero attached hydrogens (tertiary/aromatic N) is 23. The van der Waals surface area contributed by atoms with Gasteiger partial charge < -0.3 is 62.4 Å². The van der Waals surface area contributed by atoms with Gasteiger partial charge in [-0.2, -0.15) is 22.0 Å². The Labute approximate surface area is 833 Å². The molecule has 0 saturated carbocycles. The van der Waals surface area contributed by atoms with Crippen LogP contribution in [0.3, 0.4) is 0 Å². The quantitative estimate of drug-likeness (QED) is 0.140. The number of thioether (sulfide) groups is 1. The number of para-hydroxylation sites is 12. The summed E-state index contributed by atoms with van der Waals surface area (Å²) in [5.41, 5.74) is 15.8. The van der Waals surface area contributed by atoms with Crippen molar-refractivity contribution in [1.82, 2.24) is 97.7 Å². The zero-order valence-electron chi connectivity index (χ0n) is 84.4. The second-order valence-electron chi connectivity index (χ2n) is 35.0. The van der Waals surface area contributed by atoms with Crippen molar-refractivity contribution in [1.29, 1.82) is 0 Å². The van der Waals surface area contributed by atoms with Crippen molar-refractivity contribution >= 4 is 114 Å². The van der Waals surface area contributed by atoms with Crippen molar-refractivity contribution in [3.63, 3.8) is 0 Å². The molecule has 17 aromatic rings. The highest BCUT2D eigenvalue weighted by atomic mass is 32.2. The fourth-order valence-electron chi connectivity index (χ4n) is 16.0. The van der Waals surface area contributed by atoms with Crippen molar-refractivity contribution in [2.75, 3.05) is 161 Å². The van der Waals surface area contributed by atoms with E-state index in [1.165, 1.54) is 204 Å². The molecule has 0 bridgehead atoms. The standard InChI is InChI=1S/C15H13N.C13H11NO.C13H11NS.C13H11N.C9H9N.C7H7N3.C7H15N.C6H13N.C5H11NO.C5H11NS.C5H11N.2C4H6N2.2C3H5N3/c1-16-14-8-4-2-6-12(14)10-11-13-7-3-5-9-15(13)16;2*1-14-10-6-2-4-8-12(10)15-13-9-5-3-7-11(13)14;1-14-12-8-4-2-6-10(12)11-7-3-5-9-13(11)14;1-10-7-6-8-4-2-3-5-9(8)10;1-10-7-5-3-2-4-6(7)8-9-10;1-8-6-4-2-3-5-7-8;1-7-5-3-2-4-6-7;2*1-6-2-4-7-5-3-6;1-6-4-2-3-5-6;1-6-3-2-5-4-6;1-6-4-2-3-5-6;1-6-3-4-2-5-6;1-6-3-2-4-5-6/h2-11H,1H3;2*2-9H,1H3;2-9H,1H3;2-7H,1H3;2-5H,1H3;2-7H2,1H3;2-6H2,1H3;2*2-5H2,1H3;2-5H2,1H3;2*2-4H,1H3;2*2-3H,1H3. The van der Waals surface area contributed by atoms with Gasteiger partial charge in [-0.3, -0.25) is 14.0 Å². The smallest absolute Gasteiger partial charge is 0.151 e. The van der Waals surface area contributed by atoms with Gasteiger partial charge in [-0.05, 0) is 233 Å². The molecule has 5 saturated heterocycles. The van der Waals surface area contributed by atoms with Gasteiger partial charge in [0.2, 0.25) is 0 Å². The number of likely N-dealkylation sites (tertiary alicyclic amines) is 3. The summed E-state index contributed by atoms with van der Waals surface area (Å²) in [6.07, 6.45) is 34.8. The Balaban J connectivity index is 0.000000145. The van der Waals surface area contributed by atoms with E-state index in [0.29, 0.717) is 0 Å². The van der Waals surface area contributed by atoms with E-state index in [4.69, 9.17) is 9.47 Å². The first kappa shape index (κ1) is 106. The summed E-state index contributed by atoms with van der Waals surface area (Å²) in [7, 11) is 30.7. The molecule has 5 fully saturated rings. The van der Waals surface area contributed by atoms with Crippen LogP contribution in [0, 0.1) is 0 Å². The molecule has 0 unspecified atom stereocenters. The zero-order chi connectivity index (χ0) is 98.1. The topological polar surface area (TPSA) is 182 Å². The van der Waals surface area contributed by atoms with Crippen LogP contribution in [0.2, 0.25) is 0 Å². The lowest BCUT2D eigenvalue weighted by atomic mass is 10.1. The average Bonchev–Trinajstić information content (AvgIpc) is 1.64. The van der Waals surface area contributed by atoms with Crippen LogP contribution in [-0.2, 0) is 54.1 Å². The van der Waals surface area contributed by atoms with E-state index >= 15 is 0 Å². The second kappa shape index (κ2) is 58.7. The minimum absolute atomic E-state index is 0.913. The fraction of sp³-hybridized carbons (Fsp3) is 0.339. The van der Waals surface area contributed by atoms with E-state index in [1.54, 1.807) is 56.2 Å². The molecule has 7 aromatic heterocycles. The van der Waals surface area contributed by atoms with Gasteiger partial charge in [0.05, 0.1) is 54.0 Å². The van der Waals surface area contributed by atoms with E-state index in [9.17, 15) is 0 Å². The van der Waals surface area contributed by atoms with Crippen molar-refractivity contribution < 1.29 is 9.47 Å². The van der Waals surface area contributed by atoms with Crippen molar-refractivity contribution in [3.05, 3.63) is 328 Å². The maximum Gasteiger partial charge on any atom is 0.151 e. The Morgan fingerprint density at radius 1 is 0.317 bits per heavy atom. The first-order chi connectivity index (χ1) is 67.8. The number of anilines is 6. The Morgan fingerprint density at radius 3 is 1.17 bits per heavy atom. The summed E-state index contributed by atoms with van der Waals surface area (Å²) < 4.78 is 23.9. The predicted molar refractivity (Wildman–Crippen MR) is 583 cm³/mol. The lowest BCUT2D eigenvalue weighted by Gasteiger charge is -2.29. The molecular formula is C112H145N23O2S2. The number of ether oxygens (including phenoxy) is 2. The van der Waals surface area contributed by atoms with Gasteiger partial charge >= 0.3 is 0 Å². The number of hydrogen-bond acceptors (Lipinski definition) is 20. The van der Waals surface area contributed by atoms with Crippen LogP contribution in [0.25, 0.3) is 55.9 Å².